The molecule has 6 nitrogen and oxygen atoms in total. The Morgan fingerprint density at radius 3 is 2.68 bits per heavy atom. The minimum atomic E-state index is -0.415. The lowest BCUT2D eigenvalue weighted by atomic mass is 10.1. The van der Waals surface area contributed by atoms with Crippen molar-refractivity contribution in [1.82, 2.24) is 14.8 Å². The first kappa shape index (κ1) is 18.2. The Balaban J connectivity index is 1.62. The Bertz CT molecular complexity index is 1200. The number of thioether (sulfide) groups is 1. The normalized spacial score (nSPS) is 11.1. The van der Waals surface area contributed by atoms with E-state index in [-0.39, 0.29) is 5.82 Å². The quantitative estimate of drug-likeness (QED) is 0.374. The number of aromatic nitrogens is 3. The summed E-state index contributed by atoms with van der Waals surface area (Å²) in [5.74, 6) is 1.48. The topological polar surface area (TPSA) is 70.2 Å². The second kappa shape index (κ2) is 7.47. The molecule has 4 aromatic rings. The molecular formula is C20H16FN3O3S. The third kappa shape index (κ3) is 3.50. The van der Waals surface area contributed by atoms with E-state index in [1.54, 1.807) is 25.3 Å². The van der Waals surface area contributed by atoms with Gasteiger partial charge in [0.2, 0.25) is 0 Å². The van der Waals surface area contributed by atoms with Crippen molar-refractivity contribution in [3.8, 4) is 17.1 Å². The van der Waals surface area contributed by atoms with Crippen LogP contribution in [0.25, 0.3) is 22.4 Å². The second-order valence-corrected chi connectivity index (χ2v) is 7.06. The highest BCUT2D eigenvalue weighted by molar-refractivity contribution is 7.98. The number of ether oxygens (including phenoxy) is 1. The maximum Gasteiger partial charge on any atom is 0.336 e. The first-order valence-electron chi connectivity index (χ1n) is 8.44. The number of methoxy groups -OCH3 is 1. The molecule has 0 aliphatic heterocycles. The largest absolute Gasteiger partial charge is 0.497 e. The van der Waals surface area contributed by atoms with E-state index < -0.39 is 5.63 Å². The monoisotopic (exact) mass is 397 g/mol. The minimum Gasteiger partial charge on any atom is -0.497 e. The van der Waals surface area contributed by atoms with Gasteiger partial charge in [0.05, 0.1) is 7.11 Å². The zero-order valence-electron chi connectivity index (χ0n) is 15.2. The van der Waals surface area contributed by atoms with Crippen molar-refractivity contribution in [2.75, 3.05) is 7.11 Å². The molecule has 8 heteroatoms. The van der Waals surface area contributed by atoms with Crippen molar-refractivity contribution < 1.29 is 13.5 Å². The van der Waals surface area contributed by atoms with E-state index in [0.29, 0.717) is 28.1 Å². The lowest BCUT2D eigenvalue weighted by molar-refractivity contribution is 0.414. The van der Waals surface area contributed by atoms with Crippen LogP contribution in [0.15, 0.2) is 62.9 Å². The van der Waals surface area contributed by atoms with Crippen LogP contribution in [-0.2, 0) is 12.8 Å². The summed E-state index contributed by atoms with van der Waals surface area (Å²) in [7, 11) is 3.41. The van der Waals surface area contributed by atoms with Gasteiger partial charge in [0, 0.05) is 35.9 Å². The first-order valence-corrected chi connectivity index (χ1v) is 9.42. The molecule has 2 heterocycles. The molecule has 142 valence electrons. The fraction of sp³-hybridized carbons (Fsp3) is 0.150. The van der Waals surface area contributed by atoms with Gasteiger partial charge in [-0.25, -0.2) is 9.18 Å². The van der Waals surface area contributed by atoms with Gasteiger partial charge in [-0.1, -0.05) is 11.8 Å². The van der Waals surface area contributed by atoms with Gasteiger partial charge in [-0.05, 0) is 42.0 Å². The van der Waals surface area contributed by atoms with Gasteiger partial charge >= 0.3 is 5.63 Å². The molecule has 2 aromatic heterocycles. The van der Waals surface area contributed by atoms with Crippen LogP contribution in [0, 0.1) is 5.82 Å². The van der Waals surface area contributed by atoms with Crippen molar-refractivity contribution in [3.05, 3.63) is 70.3 Å². The van der Waals surface area contributed by atoms with Crippen molar-refractivity contribution in [2.24, 2.45) is 7.05 Å². The summed E-state index contributed by atoms with van der Waals surface area (Å²) in [6, 6.07) is 13.0. The Hall–Kier alpha value is -3.13. The summed E-state index contributed by atoms with van der Waals surface area (Å²) in [4.78, 5) is 11.9. The highest BCUT2D eigenvalue weighted by Gasteiger charge is 2.13. The second-order valence-electron chi connectivity index (χ2n) is 6.11. The van der Waals surface area contributed by atoms with E-state index in [0.717, 1.165) is 16.5 Å². The molecule has 2 aromatic carbocycles. The molecule has 0 bridgehead atoms. The van der Waals surface area contributed by atoms with Gasteiger partial charge < -0.3 is 13.7 Å². The molecule has 0 atom stereocenters. The number of hydrogen-bond acceptors (Lipinski definition) is 6. The van der Waals surface area contributed by atoms with Gasteiger partial charge in [0.25, 0.3) is 0 Å². The molecule has 0 unspecified atom stereocenters. The van der Waals surface area contributed by atoms with Crippen LogP contribution in [0.2, 0.25) is 0 Å². The number of hydrogen-bond donors (Lipinski definition) is 0. The fourth-order valence-electron chi connectivity index (χ4n) is 2.89. The Labute approximate surface area is 164 Å². The third-order valence-electron chi connectivity index (χ3n) is 4.33. The van der Waals surface area contributed by atoms with Crippen molar-refractivity contribution in [2.45, 2.75) is 10.9 Å². The zero-order chi connectivity index (χ0) is 19.7. The van der Waals surface area contributed by atoms with E-state index in [1.807, 2.05) is 23.7 Å². The minimum absolute atomic E-state index is 0.299. The van der Waals surface area contributed by atoms with Crippen LogP contribution in [0.4, 0.5) is 4.39 Å². The molecule has 0 radical (unpaired) electrons. The van der Waals surface area contributed by atoms with Crippen LogP contribution in [0.1, 0.15) is 5.56 Å². The molecule has 4 rings (SSSR count). The number of halogens is 1. The van der Waals surface area contributed by atoms with Gasteiger partial charge in [-0.15, -0.1) is 10.2 Å². The van der Waals surface area contributed by atoms with Crippen LogP contribution < -0.4 is 10.4 Å². The molecule has 0 N–H and O–H groups in total. The first-order chi connectivity index (χ1) is 13.5. The van der Waals surface area contributed by atoms with Gasteiger partial charge in [-0.2, -0.15) is 0 Å². The molecule has 0 spiro atoms. The van der Waals surface area contributed by atoms with E-state index in [9.17, 15) is 9.18 Å². The molecule has 0 aliphatic carbocycles. The zero-order valence-corrected chi connectivity index (χ0v) is 16.0. The predicted octanol–water partition coefficient (Wildman–Crippen LogP) is 4.03. The Kier molecular flexibility index (Phi) is 4.87. The van der Waals surface area contributed by atoms with E-state index >= 15 is 0 Å². The number of nitrogens with zero attached hydrogens (tertiary/aromatic N) is 3. The maximum absolute atomic E-state index is 13.1. The van der Waals surface area contributed by atoms with Gasteiger partial charge in [0.15, 0.2) is 11.0 Å². The van der Waals surface area contributed by atoms with E-state index in [4.69, 9.17) is 9.15 Å². The lowest BCUT2D eigenvalue weighted by Crippen LogP contribution is -2.01. The molecule has 0 saturated carbocycles. The molecule has 28 heavy (non-hydrogen) atoms. The Morgan fingerprint density at radius 2 is 1.93 bits per heavy atom. The number of fused-ring (bicyclic) bond motifs is 1. The highest BCUT2D eigenvalue weighted by atomic mass is 32.2. The predicted molar refractivity (Wildman–Crippen MR) is 105 cm³/mol. The molecule has 0 aliphatic rings. The summed E-state index contributed by atoms with van der Waals surface area (Å²) < 4.78 is 25.4. The van der Waals surface area contributed by atoms with E-state index in [2.05, 4.69) is 10.2 Å². The SMILES string of the molecule is COc1ccc2c(CSc3nnc(-c4ccc(F)cc4)n3C)cc(=O)oc2c1. The van der Waals surface area contributed by atoms with Gasteiger partial charge in [-0.3, -0.25) is 0 Å². The highest BCUT2D eigenvalue weighted by Crippen LogP contribution is 2.29. The average molecular weight is 397 g/mol. The maximum atomic E-state index is 13.1. The summed E-state index contributed by atoms with van der Waals surface area (Å²) in [5.41, 5.74) is 1.68. The summed E-state index contributed by atoms with van der Waals surface area (Å²) in [5, 5.41) is 9.95. The van der Waals surface area contributed by atoms with Crippen LogP contribution in [0.3, 0.4) is 0 Å². The Morgan fingerprint density at radius 1 is 1.14 bits per heavy atom. The summed E-state index contributed by atoms with van der Waals surface area (Å²) >= 11 is 1.46. The van der Waals surface area contributed by atoms with Crippen LogP contribution >= 0.6 is 11.8 Å². The van der Waals surface area contributed by atoms with Gasteiger partial charge in [0.1, 0.15) is 17.1 Å². The average Bonchev–Trinajstić information content (AvgIpc) is 3.06. The lowest BCUT2D eigenvalue weighted by Gasteiger charge is -2.07. The van der Waals surface area contributed by atoms with Crippen LogP contribution in [0.5, 0.6) is 5.75 Å². The van der Waals surface area contributed by atoms with Crippen LogP contribution in [-0.4, -0.2) is 21.9 Å². The van der Waals surface area contributed by atoms with Crippen molar-refractivity contribution in [1.29, 1.82) is 0 Å². The number of benzene rings is 2. The third-order valence-corrected chi connectivity index (χ3v) is 5.40. The summed E-state index contributed by atoms with van der Waals surface area (Å²) in [6.07, 6.45) is 0. The fourth-order valence-corrected chi connectivity index (χ4v) is 3.79. The molecule has 0 saturated heterocycles. The standard InChI is InChI=1S/C20H16FN3O3S/c1-24-19(12-3-5-14(21)6-4-12)22-23-20(24)28-11-13-9-18(25)27-17-10-15(26-2)7-8-16(13)17/h3-10H,11H2,1-2H3. The summed E-state index contributed by atoms with van der Waals surface area (Å²) in [6.45, 7) is 0. The smallest absolute Gasteiger partial charge is 0.336 e. The van der Waals surface area contributed by atoms with Crippen molar-refractivity contribution in [3.63, 3.8) is 0 Å². The molecule has 0 fully saturated rings. The molecule has 0 amide bonds. The van der Waals surface area contributed by atoms with E-state index in [1.165, 1.54) is 30.0 Å². The molecular weight excluding hydrogens is 381 g/mol. The number of rotatable bonds is 5. The van der Waals surface area contributed by atoms with Crippen molar-refractivity contribution >= 4 is 22.7 Å².